The molecule has 22 heavy (non-hydrogen) atoms. The Labute approximate surface area is 129 Å². The van der Waals surface area contributed by atoms with Crippen molar-refractivity contribution in [1.82, 2.24) is 4.90 Å². The molecular weight excluding hydrogens is 286 g/mol. The number of carbonyl (C=O) groups is 2. The first-order chi connectivity index (χ1) is 10.4. The zero-order chi connectivity index (χ0) is 16.3. The highest BCUT2D eigenvalue weighted by Crippen LogP contribution is 2.18. The summed E-state index contributed by atoms with van der Waals surface area (Å²) < 4.78 is 10.6. The number of benzene rings is 1. The van der Waals surface area contributed by atoms with Crippen LogP contribution in [0.3, 0.4) is 0 Å². The molecule has 1 saturated heterocycles. The van der Waals surface area contributed by atoms with E-state index in [1.807, 2.05) is 13.8 Å². The van der Waals surface area contributed by atoms with Gasteiger partial charge in [-0.3, -0.25) is 4.79 Å². The number of hydrogen-bond acceptors (Lipinski definition) is 5. The van der Waals surface area contributed by atoms with E-state index in [9.17, 15) is 14.7 Å². The number of nitrogens with zero attached hydrogens (tertiary/aromatic N) is 1. The van der Waals surface area contributed by atoms with Crippen molar-refractivity contribution in [1.29, 1.82) is 0 Å². The first kappa shape index (κ1) is 16.3. The van der Waals surface area contributed by atoms with Crippen LogP contribution in [-0.2, 0) is 14.3 Å². The number of hydrogen-bond donors (Lipinski definition) is 1. The lowest BCUT2D eigenvalue weighted by Crippen LogP contribution is -2.49. The van der Waals surface area contributed by atoms with Crippen molar-refractivity contribution in [2.75, 3.05) is 19.7 Å². The normalized spacial score (nSPS) is 21.5. The molecule has 0 bridgehead atoms. The molecule has 2 atom stereocenters. The van der Waals surface area contributed by atoms with E-state index in [0.29, 0.717) is 18.7 Å². The number of morpholine rings is 1. The van der Waals surface area contributed by atoms with Gasteiger partial charge < -0.3 is 19.5 Å². The van der Waals surface area contributed by atoms with Crippen LogP contribution < -0.4 is 0 Å². The van der Waals surface area contributed by atoms with Crippen LogP contribution in [0, 0.1) is 6.92 Å². The van der Waals surface area contributed by atoms with E-state index in [1.165, 1.54) is 6.07 Å². The maximum absolute atomic E-state index is 12.1. The number of phenolic OH excluding ortho intramolecular Hbond substituents is 1. The van der Waals surface area contributed by atoms with Crippen LogP contribution in [0.1, 0.15) is 29.8 Å². The molecule has 1 aliphatic heterocycles. The highest BCUT2D eigenvalue weighted by atomic mass is 16.5. The van der Waals surface area contributed by atoms with Crippen LogP contribution in [0.2, 0.25) is 0 Å². The molecule has 1 aromatic rings. The average Bonchev–Trinajstić information content (AvgIpc) is 2.46. The maximum Gasteiger partial charge on any atom is 0.338 e. The van der Waals surface area contributed by atoms with Gasteiger partial charge in [-0.2, -0.15) is 0 Å². The summed E-state index contributed by atoms with van der Waals surface area (Å²) in [5, 5.41) is 9.59. The molecule has 0 unspecified atom stereocenters. The van der Waals surface area contributed by atoms with Gasteiger partial charge in [-0.1, -0.05) is 6.07 Å². The topological polar surface area (TPSA) is 76.1 Å². The van der Waals surface area contributed by atoms with Gasteiger partial charge in [0.25, 0.3) is 5.91 Å². The van der Waals surface area contributed by atoms with Crippen molar-refractivity contribution in [2.24, 2.45) is 0 Å². The molecule has 0 radical (unpaired) electrons. The van der Waals surface area contributed by atoms with Gasteiger partial charge in [-0.15, -0.1) is 0 Å². The van der Waals surface area contributed by atoms with Crippen molar-refractivity contribution >= 4 is 11.9 Å². The lowest BCUT2D eigenvalue weighted by molar-refractivity contribution is -0.146. The van der Waals surface area contributed by atoms with Gasteiger partial charge in [-0.05, 0) is 38.5 Å². The monoisotopic (exact) mass is 307 g/mol. The van der Waals surface area contributed by atoms with E-state index in [0.717, 1.165) is 0 Å². The molecule has 0 spiro atoms. The van der Waals surface area contributed by atoms with Crippen LogP contribution in [0.25, 0.3) is 0 Å². The minimum Gasteiger partial charge on any atom is -0.508 e. The van der Waals surface area contributed by atoms with Crippen molar-refractivity contribution in [3.8, 4) is 5.75 Å². The second-order valence-corrected chi connectivity index (χ2v) is 5.63. The smallest absolute Gasteiger partial charge is 0.338 e. The Balaban J connectivity index is 1.90. The third-order valence-corrected chi connectivity index (χ3v) is 3.54. The molecule has 0 saturated carbocycles. The van der Waals surface area contributed by atoms with Gasteiger partial charge in [-0.25, -0.2) is 4.79 Å². The molecule has 1 aromatic carbocycles. The Morgan fingerprint density at radius 2 is 1.95 bits per heavy atom. The van der Waals surface area contributed by atoms with Crippen molar-refractivity contribution in [3.05, 3.63) is 29.3 Å². The van der Waals surface area contributed by atoms with Crippen LogP contribution in [0.5, 0.6) is 5.75 Å². The third-order valence-electron chi connectivity index (χ3n) is 3.54. The van der Waals surface area contributed by atoms with Crippen LogP contribution >= 0.6 is 0 Å². The summed E-state index contributed by atoms with van der Waals surface area (Å²) in [6.07, 6.45) is -0.0603. The van der Waals surface area contributed by atoms with Crippen LogP contribution in [0.15, 0.2) is 18.2 Å². The SMILES string of the molecule is Cc1ccc(C(=O)OCC(=O)N2C[C@@H](C)O[C@@H](C)C2)cc1O. The van der Waals surface area contributed by atoms with E-state index in [2.05, 4.69) is 0 Å². The van der Waals surface area contributed by atoms with Gasteiger partial charge in [0.1, 0.15) is 5.75 Å². The number of carbonyl (C=O) groups excluding carboxylic acids is 2. The summed E-state index contributed by atoms with van der Waals surface area (Å²) in [7, 11) is 0. The number of rotatable bonds is 3. The Morgan fingerprint density at radius 3 is 2.55 bits per heavy atom. The molecule has 6 heteroatoms. The molecule has 1 amide bonds. The number of aromatic hydroxyl groups is 1. The van der Waals surface area contributed by atoms with E-state index >= 15 is 0 Å². The minimum atomic E-state index is -0.627. The summed E-state index contributed by atoms with van der Waals surface area (Å²) in [5.41, 5.74) is 0.892. The second kappa shape index (κ2) is 6.79. The van der Waals surface area contributed by atoms with Gasteiger partial charge in [0.2, 0.25) is 0 Å². The largest absolute Gasteiger partial charge is 0.508 e. The van der Waals surface area contributed by atoms with Crippen LogP contribution in [0.4, 0.5) is 0 Å². The highest BCUT2D eigenvalue weighted by Gasteiger charge is 2.26. The lowest BCUT2D eigenvalue weighted by atomic mass is 10.1. The van der Waals surface area contributed by atoms with Crippen molar-refractivity contribution in [3.63, 3.8) is 0 Å². The molecular formula is C16H21NO5. The molecule has 6 nitrogen and oxygen atoms in total. The fourth-order valence-corrected chi connectivity index (χ4v) is 2.42. The fraction of sp³-hybridized carbons (Fsp3) is 0.500. The number of amides is 1. The average molecular weight is 307 g/mol. The lowest BCUT2D eigenvalue weighted by Gasteiger charge is -2.35. The predicted molar refractivity (Wildman–Crippen MR) is 79.7 cm³/mol. The zero-order valence-corrected chi connectivity index (χ0v) is 13.0. The van der Waals surface area contributed by atoms with E-state index in [4.69, 9.17) is 9.47 Å². The minimum absolute atomic E-state index is 0.0246. The molecule has 2 rings (SSSR count). The number of esters is 1. The standard InChI is InChI=1S/C16H21NO5/c1-10-4-5-13(6-14(10)18)16(20)21-9-15(19)17-7-11(2)22-12(3)8-17/h4-6,11-12,18H,7-9H2,1-3H3/t11-,12+. The highest BCUT2D eigenvalue weighted by molar-refractivity contribution is 5.91. The van der Waals surface area contributed by atoms with Gasteiger partial charge in [0.05, 0.1) is 17.8 Å². The molecule has 120 valence electrons. The Hall–Kier alpha value is -2.08. The molecule has 1 heterocycles. The third kappa shape index (κ3) is 3.98. The van der Waals surface area contributed by atoms with Gasteiger partial charge in [0, 0.05) is 13.1 Å². The van der Waals surface area contributed by atoms with E-state index < -0.39 is 5.97 Å². The first-order valence-electron chi connectivity index (χ1n) is 7.26. The molecule has 1 N–H and O–H groups in total. The number of ether oxygens (including phenoxy) is 2. The zero-order valence-electron chi connectivity index (χ0n) is 13.0. The molecule has 0 aromatic heterocycles. The van der Waals surface area contributed by atoms with Crippen molar-refractivity contribution < 1.29 is 24.2 Å². The summed E-state index contributed by atoms with van der Waals surface area (Å²) in [6, 6.07) is 4.51. The van der Waals surface area contributed by atoms with Gasteiger partial charge in [0.15, 0.2) is 6.61 Å². The molecule has 1 fully saturated rings. The summed E-state index contributed by atoms with van der Waals surface area (Å²) in [4.78, 5) is 25.6. The second-order valence-electron chi connectivity index (χ2n) is 5.63. The van der Waals surface area contributed by atoms with Crippen LogP contribution in [-0.4, -0.2) is 53.8 Å². The Kier molecular flexibility index (Phi) is 5.03. The van der Waals surface area contributed by atoms with E-state index in [1.54, 1.807) is 24.0 Å². The summed E-state index contributed by atoms with van der Waals surface area (Å²) in [6.45, 7) is 6.20. The number of phenols is 1. The van der Waals surface area contributed by atoms with E-state index in [-0.39, 0.29) is 36.0 Å². The number of aryl methyl sites for hydroxylation is 1. The summed E-state index contributed by atoms with van der Waals surface area (Å²) in [5.74, 6) is -0.846. The molecule has 1 aliphatic rings. The Morgan fingerprint density at radius 1 is 1.32 bits per heavy atom. The maximum atomic E-state index is 12.1. The quantitative estimate of drug-likeness (QED) is 0.856. The Bertz CT molecular complexity index is 562. The predicted octanol–water partition coefficient (Wildman–Crippen LogP) is 1.49. The first-order valence-corrected chi connectivity index (χ1v) is 7.26. The summed E-state index contributed by atoms with van der Waals surface area (Å²) >= 11 is 0. The van der Waals surface area contributed by atoms with Gasteiger partial charge >= 0.3 is 5.97 Å². The fourth-order valence-electron chi connectivity index (χ4n) is 2.42. The molecule has 0 aliphatic carbocycles. The van der Waals surface area contributed by atoms with Crippen molar-refractivity contribution in [2.45, 2.75) is 33.0 Å².